The van der Waals surface area contributed by atoms with Gasteiger partial charge in [0.15, 0.2) is 0 Å². The summed E-state index contributed by atoms with van der Waals surface area (Å²) in [5, 5.41) is 0.839. The van der Waals surface area contributed by atoms with E-state index in [4.69, 9.17) is 11.6 Å². The number of nitrogens with zero attached hydrogens (tertiary/aromatic N) is 3. The molecule has 0 saturated heterocycles. The maximum Gasteiger partial charge on any atom is 0.261 e. The van der Waals surface area contributed by atoms with E-state index >= 15 is 0 Å². The Morgan fingerprint density at radius 2 is 1.87 bits per heavy atom. The van der Waals surface area contributed by atoms with Crippen molar-refractivity contribution in [2.45, 2.75) is 51.2 Å². The van der Waals surface area contributed by atoms with Crippen LogP contribution in [0.2, 0.25) is 5.02 Å². The van der Waals surface area contributed by atoms with Crippen LogP contribution < -0.4 is 5.56 Å². The fourth-order valence-corrected chi connectivity index (χ4v) is 4.25. The predicted octanol–water partition coefficient (Wildman–Crippen LogP) is 4.55. The summed E-state index contributed by atoms with van der Waals surface area (Å²) in [6, 6.07) is 11.3. The zero-order chi connectivity index (χ0) is 21.1. The molecule has 7 heteroatoms. The summed E-state index contributed by atoms with van der Waals surface area (Å²) >= 11 is 6.02. The molecular formula is C23H23ClFN3O2. The number of carbonyl (C=O) groups is 1. The van der Waals surface area contributed by atoms with Gasteiger partial charge in [-0.3, -0.25) is 14.2 Å². The molecule has 0 atom stereocenters. The quantitative estimate of drug-likeness (QED) is 0.600. The number of aromatic nitrogens is 2. The van der Waals surface area contributed by atoms with Gasteiger partial charge in [0.05, 0.1) is 17.2 Å². The van der Waals surface area contributed by atoms with Gasteiger partial charge in [-0.2, -0.15) is 0 Å². The number of amides is 1. The van der Waals surface area contributed by atoms with Crippen LogP contribution in [0, 0.1) is 5.82 Å². The van der Waals surface area contributed by atoms with Crippen LogP contribution in [0.3, 0.4) is 0 Å². The fraction of sp³-hybridized carbons (Fsp3) is 0.348. The molecule has 0 radical (unpaired) electrons. The summed E-state index contributed by atoms with van der Waals surface area (Å²) < 4.78 is 14.6. The van der Waals surface area contributed by atoms with Crippen LogP contribution in [0.4, 0.5) is 4.39 Å². The lowest BCUT2D eigenvalue weighted by atomic mass is 9.93. The summed E-state index contributed by atoms with van der Waals surface area (Å²) in [5.74, 6) is -0.446. The topological polar surface area (TPSA) is 55.2 Å². The molecule has 156 valence electrons. The molecule has 0 bridgehead atoms. The number of hydrogen-bond donors (Lipinski definition) is 0. The number of halogens is 2. The highest BCUT2D eigenvalue weighted by Crippen LogP contribution is 2.25. The van der Waals surface area contributed by atoms with Crippen molar-refractivity contribution in [1.29, 1.82) is 0 Å². The van der Waals surface area contributed by atoms with Crippen molar-refractivity contribution in [2.75, 3.05) is 0 Å². The Kier molecular flexibility index (Phi) is 6.13. The molecule has 1 fully saturated rings. The van der Waals surface area contributed by atoms with Crippen LogP contribution >= 0.6 is 11.6 Å². The average molecular weight is 428 g/mol. The van der Waals surface area contributed by atoms with E-state index in [1.165, 1.54) is 29.4 Å². The summed E-state index contributed by atoms with van der Waals surface area (Å²) in [4.78, 5) is 32.3. The highest BCUT2D eigenvalue weighted by molar-refractivity contribution is 6.31. The largest absolute Gasteiger partial charge is 0.334 e. The molecule has 1 aliphatic rings. The average Bonchev–Trinajstić information content (AvgIpc) is 2.76. The van der Waals surface area contributed by atoms with Gasteiger partial charge in [-0.15, -0.1) is 0 Å². The molecule has 0 aliphatic heterocycles. The van der Waals surface area contributed by atoms with Crippen molar-refractivity contribution >= 4 is 28.4 Å². The van der Waals surface area contributed by atoms with Crippen molar-refractivity contribution in [1.82, 2.24) is 14.5 Å². The molecule has 1 amide bonds. The first-order valence-corrected chi connectivity index (χ1v) is 10.6. The van der Waals surface area contributed by atoms with Crippen LogP contribution in [-0.4, -0.2) is 26.4 Å². The Labute approximate surface area is 179 Å². The summed E-state index contributed by atoms with van der Waals surface area (Å²) in [7, 11) is 0. The summed E-state index contributed by atoms with van der Waals surface area (Å²) in [6.07, 6.45) is 6.61. The van der Waals surface area contributed by atoms with Gasteiger partial charge < -0.3 is 4.90 Å². The third-order valence-corrected chi connectivity index (χ3v) is 5.93. The highest BCUT2D eigenvalue weighted by Gasteiger charge is 2.26. The van der Waals surface area contributed by atoms with Gasteiger partial charge in [-0.05, 0) is 48.7 Å². The van der Waals surface area contributed by atoms with Crippen molar-refractivity contribution in [3.8, 4) is 0 Å². The van der Waals surface area contributed by atoms with Gasteiger partial charge in [-0.1, -0.05) is 43.0 Å². The zero-order valence-electron chi connectivity index (χ0n) is 16.6. The first-order chi connectivity index (χ1) is 14.5. The SMILES string of the molecule is O=C(Cn1cnc2ccc(Cl)cc2c1=O)N(Cc1ccc(F)cc1)C1CCCCC1. The van der Waals surface area contributed by atoms with Crippen LogP contribution in [0.1, 0.15) is 37.7 Å². The summed E-state index contributed by atoms with van der Waals surface area (Å²) in [5.41, 5.74) is 1.12. The molecule has 0 N–H and O–H groups in total. The van der Waals surface area contributed by atoms with Crippen molar-refractivity contribution in [3.05, 3.63) is 75.5 Å². The van der Waals surface area contributed by atoms with Crippen molar-refractivity contribution in [2.24, 2.45) is 0 Å². The molecule has 2 aromatic carbocycles. The Morgan fingerprint density at radius 3 is 2.60 bits per heavy atom. The maximum absolute atomic E-state index is 13.3. The molecule has 1 aromatic heterocycles. The van der Waals surface area contributed by atoms with E-state index in [2.05, 4.69) is 4.98 Å². The monoisotopic (exact) mass is 427 g/mol. The molecule has 0 spiro atoms. The van der Waals surface area contributed by atoms with Gasteiger partial charge in [0.1, 0.15) is 12.4 Å². The van der Waals surface area contributed by atoms with E-state index in [-0.39, 0.29) is 29.9 Å². The smallest absolute Gasteiger partial charge is 0.261 e. The lowest BCUT2D eigenvalue weighted by Gasteiger charge is -2.34. The summed E-state index contributed by atoms with van der Waals surface area (Å²) in [6.45, 7) is 0.303. The Bertz CT molecular complexity index is 1110. The van der Waals surface area contributed by atoms with E-state index in [0.717, 1.165) is 31.2 Å². The number of fused-ring (bicyclic) bond motifs is 1. The Hall–Kier alpha value is -2.73. The Morgan fingerprint density at radius 1 is 1.13 bits per heavy atom. The molecule has 30 heavy (non-hydrogen) atoms. The molecule has 1 saturated carbocycles. The van der Waals surface area contributed by atoms with Gasteiger partial charge in [-0.25, -0.2) is 9.37 Å². The third-order valence-electron chi connectivity index (χ3n) is 5.69. The van der Waals surface area contributed by atoms with Gasteiger partial charge >= 0.3 is 0 Å². The van der Waals surface area contributed by atoms with Crippen LogP contribution in [0.15, 0.2) is 53.6 Å². The maximum atomic E-state index is 13.3. The normalized spacial score (nSPS) is 14.7. The molecule has 3 aromatic rings. The van der Waals surface area contributed by atoms with Gasteiger partial charge in [0.25, 0.3) is 5.56 Å². The predicted molar refractivity (Wildman–Crippen MR) is 115 cm³/mol. The standard InChI is InChI=1S/C23H23ClFN3O2/c24-17-8-11-21-20(12-17)23(30)27(15-26-21)14-22(29)28(19-4-2-1-3-5-19)13-16-6-9-18(25)10-7-16/h6-12,15,19H,1-5,13-14H2. The second kappa shape index (κ2) is 8.96. The second-order valence-corrected chi connectivity index (χ2v) is 8.22. The van der Waals surface area contributed by atoms with E-state index in [9.17, 15) is 14.0 Å². The van der Waals surface area contributed by atoms with Gasteiger partial charge in [0, 0.05) is 17.6 Å². The Balaban J connectivity index is 1.61. The van der Waals surface area contributed by atoms with E-state index in [1.54, 1.807) is 30.3 Å². The first kappa shape index (κ1) is 20.5. The van der Waals surface area contributed by atoms with Crippen molar-refractivity contribution < 1.29 is 9.18 Å². The lowest BCUT2D eigenvalue weighted by molar-refractivity contribution is -0.135. The second-order valence-electron chi connectivity index (χ2n) is 7.78. The number of benzene rings is 2. The van der Waals surface area contributed by atoms with Gasteiger partial charge in [0.2, 0.25) is 5.91 Å². The minimum absolute atomic E-state index is 0.0913. The third kappa shape index (κ3) is 4.54. The molecule has 1 heterocycles. The van der Waals surface area contributed by atoms with Crippen LogP contribution in [-0.2, 0) is 17.9 Å². The molecule has 5 nitrogen and oxygen atoms in total. The molecule has 1 aliphatic carbocycles. The lowest BCUT2D eigenvalue weighted by Crippen LogP contribution is -2.43. The minimum atomic E-state index is -0.304. The van der Waals surface area contributed by atoms with E-state index in [1.807, 2.05) is 4.90 Å². The number of carbonyl (C=O) groups excluding carboxylic acids is 1. The molecular weight excluding hydrogens is 405 g/mol. The highest BCUT2D eigenvalue weighted by atomic mass is 35.5. The molecule has 0 unspecified atom stereocenters. The van der Waals surface area contributed by atoms with Crippen molar-refractivity contribution in [3.63, 3.8) is 0 Å². The zero-order valence-corrected chi connectivity index (χ0v) is 17.3. The first-order valence-electron chi connectivity index (χ1n) is 10.2. The number of hydrogen-bond acceptors (Lipinski definition) is 3. The van der Waals surface area contributed by atoms with E-state index in [0.29, 0.717) is 22.5 Å². The fourth-order valence-electron chi connectivity index (χ4n) is 4.08. The number of rotatable bonds is 5. The van der Waals surface area contributed by atoms with Crippen LogP contribution in [0.5, 0.6) is 0 Å². The minimum Gasteiger partial charge on any atom is -0.334 e. The van der Waals surface area contributed by atoms with Crippen LogP contribution in [0.25, 0.3) is 10.9 Å². The molecule has 4 rings (SSSR count). The van der Waals surface area contributed by atoms with E-state index < -0.39 is 0 Å².